The van der Waals surface area contributed by atoms with Gasteiger partial charge in [-0.2, -0.15) is 0 Å². The molecule has 2 aliphatic rings. The van der Waals surface area contributed by atoms with E-state index in [4.69, 9.17) is 0 Å². The summed E-state index contributed by atoms with van der Waals surface area (Å²) in [6.45, 7) is 0.997. The molecule has 1 spiro atoms. The van der Waals surface area contributed by atoms with Crippen molar-refractivity contribution in [3.8, 4) is 0 Å². The Balaban J connectivity index is 0.00000280. The summed E-state index contributed by atoms with van der Waals surface area (Å²) in [7, 11) is -1.47. The van der Waals surface area contributed by atoms with Gasteiger partial charge >= 0.3 is 0 Å². The molecule has 1 saturated carbocycles. The Bertz CT molecular complexity index is 797. The highest BCUT2D eigenvalue weighted by atomic mass is 127. The maximum atomic E-state index is 13.3. The van der Waals surface area contributed by atoms with Crippen LogP contribution in [0, 0.1) is 5.82 Å². The van der Waals surface area contributed by atoms with Crippen LogP contribution < -0.4 is 5.32 Å². The number of halogens is 2. The van der Waals surface area contributed by atoms with Crippen molar-refractivity contribution in [1.82, 2.24) is 10.2 Å². The predicted molar refractivity (Wildman–Crippen MR) is 119 cm³/mol. The van der Waals surface area contributed by atoms with E-state index >= 15 is 0 Å². The highest BCUT2D eigenvalue weighted by molar-refractivity contribution is 14.0. The number of aliphatic hydroxyl groups excluding tert-OH is 1. The lowest BCUT2D eigenvalue weighted by atomic mass is 9.87. The average Bonchev–Trinajstić information content (AvgIpc) is 2.66. The molecule has 1 aromatic carbocycles. The smallest absolute Gasteiger partial charge is 0.193 e. The zero-order valence-corrected chi connectivity index (χ0v) is 19.3. The first-order chi connectivity index (χ1) is 12.9. The second-order valence-electron chi connectivity index (χ2n) is 7.48. The van der Waals surface area contributed by atoms with Gasteiger partial charge in [-0.25, -0.2) is 12.8 Å². The number of nitrogens with zero attached hydrogens (tertiary/aromatic N) is 2. The van der Waals surface area contributed by atoms with E-state index in [2.05, 4.69) is 10.3 Å². The van der Waals surface area contributed by atoms with Gasteiger partial charge in [0.05, 0.1) is 16.6 Å². The summed E-state index contributed by atoms with van der Waals surface area (Å²) in [6, 6.07) is 5.87. The van der Waals surface area contributed by atoms with Crippen molar-refractivity contribution in [3.05, 3.63) is 35.6 Å². The average molecular weight is 525 g/mol. The van der Waals surface area contributed by atoms with Crippen molar-refractivity contribution in [2.24, 2.45) is 4.99 Å². The topological polar surface area (TPSA) is 82.0 Å². The zero-order chi connectivity index (χ0) is 19.5. The Labute approximate surface area is 183 Å². The molecule has 1 heterocycles. The lowest BCUT2D eigenvalue weighted by Crippen LogP contribution is -2.60. The van der Waals surface area contributed by atoms with Crippen molar-refractivity contribution in [2.75, 3.05) is 32.4 Å². The summed E-state index contributed by atoms with van der Waals surface area (Å²) in [5.41, 5.74) is 0.489. The fourth-order valence-electron chi connectivity index (χ4n) is 4.17. The van der Waals surface area contributed by atoms with E-state index in [-0.39, 0.29) is 36.3 Å². The van der Waals surface area contributed by atoms with Gasteiger partial charge in [0.15, 0.2) is 15.8 Å². The van der Waals surface area contributed by atoms with Crippen LogP contribution in [0.25, 0.3) is 0 Å². The number of sulfone groups is 1. The minimum Gasteiger partial charge on any atom is -0.387 e. The molecule has 6 nitrogen and oxygen atoms in total. The number of rotatable bonds is 3. The molecule has 28 heavy (non-hydrogen) atoms. The summed E-state index contributed by atoms with van der Waals surface area (Å²) in [5, 5.41) is 13.4. The minimum absolute atomic E-state index is 0. The molecule has 1 aliphatic carbocycles. The number of hydrogen-bond acceptors (Lipinski definition) is 4. The third-order valence-corrected chi connectivity index (χ3v) is 8.31. The Kier molecular flexibility index (Phi) is 8.09. The third-order valence-electron chi connectivity index (χ3n) is 5.73. The number of hydrogen-bond donors (Lipinski definition) is 2. The molecule has 0 amide bonds. The van der Waals surface area contributed by atoms with Crippen LogP contribution in [0.5, 0.6) is 0 Å². The lowest BCUT2D eigenvalue weighted by Gasteiger charge is -2.45. The Hall–Kier alpha value is -0.940. The fourth-order valence-corrected chi connectivity index (χ4v) is 6.33. The van der Waals surface area contributed by atoms with Crippen LogP contribution in [0.15, 0.2) is 29.3 Å². The van der Waals surface area contributed by atoms with Crippen molar-refractivity contribution in [3.63, 3.8) is 0 Å². The Morgan fingerprint density at radius 1 is 1.36 bits per heavy atom. The summed E-state index contributed by atoms with van der Waals surface area (Å²) in [4.78, 5) is 6.25. The van der Waals surface area contributed by atoms with Gasteiger partial charge in [0.1, 0.15) is 5.82 Å². The van der Waals surface area contributed by atoms with Gasteiger partial charge in [0, 0.05) is 26.7 Å². The highest BCUT2D eigenvalue weighted by Gasteiger charge is 2.48. The Morgan fingerprint density at radius 2 is 2.07 bits per heavy atom. The van der Waals surface area contributed by atoms with Crippen LogP contribution in [0.4, 0.5) is 4.39 Å². The predicted octanol–water partition coefficient (Wildman–Crippen LogP) is 2.49. The maximum absolute atomic E-state index is 13.3. The van der Waals surface area contributed by atoms with Gasteiger partial charge in [-0.3, -0.25) is 4.99 Å². The fraction of sp³-hybridized carbons (Fsp3) is 0.632. The molecule has 1 aromatic rings. The van der Waals surface area contributed by atoms with Gasteiger partial charge in [-0.05, 0) is 30.5 Å². The van der Waals surface area contributed by atoms with Crippen molar-refractivity contribution in [1.29, 1.82) is 0 Å². The first-order valence-electron chi connectivity index (χ1n) is 9.48. The van der Waals surface area contributed by atoms with Crippen LogP contribution in [0.1, 0.15) is 43.8 Å². The first-order valence-corrected chi connectivity index (χ1v) is 11.1. The second kappa shape index (κ2) is 9.71. The summed E-state index contributed by atoms with van der Waals surface area (Å²) in [6.07, 6.45) is 3.50. The van der Waals surface area contributed by atoms with E-state index in [1.54, 1.807) is 19.2 Å². The monoisotopic (exact) mass is 525 g/mol. The molecule has 0 aromatic heterocycles. The molecule has 158 valence electrons. The van der Waals surface area contributed by atoms with Gasteiger partial charge in [0.2, 0.25) is 0 Å². The van der Waals surface area contributed by atoms with E-state index < -0.39 is 26.5 Å². The molecular weight excluding hydrogens is 496 g/mol. The molecule has 2 N–H and O–H groups in total. The molecule has 0 bridgehead atoms. The molecule has 1 saturated heterocycles. The van der Waals surface area contributed by atoms with E-state index in [0.29, 0.717) is 37.5 Å². The van der Waals surface area contributed by atoms with E-state index in [9.17, 15) is 17.9 Å². The van der Waals surface area contributed by atoms with Crippen LogP contribution >= 0.6 is 24.0 Å². The van der Waals surface area contributed by atoms with Gasteiger partial charge < -0.3 is 15.3 Å². The summed E-state index contributed by atoms with van der Waals surface area (Å²) in [5.74, 6) is 0.307. The maximum Gasteiger partial charge on any atom is 0.193 e. The largest absolute Gasteiger partial charge is 0.387 e. The number of aliphatic imine (C=N–C) groups is 1. The molecular formula is C19H29FIN3O3S. The molecule has 9 heteroatoms. The zero-order valence-electron chi connectivity index (χ0n) is 16.1. The number of nitrogens with one attached hydrogen (secondary N) is 1. The molecule has 0 radical (unpaired) electrons. The first kappa shape index (κ1) is 23.3. The van der Waals surface area contributed by atoms with Gasteiger partial charge in [0.25, 0.3) is 0 Å². The SMILES string of the molecule is CN=C(NCC(O)c1cccc(F)c1)N1CCS(=O)(=O)C2(CCCCC2)C1.I. The molecule has 2 fully saturated rings. The third kappa shape index (κ3) is 4.96. The van der Waals surface area contributed by atoms with Crippen LogP contribution in [-0.4, -0.2) is 61.6 Å². The van der Waals surface area contributed by atoms with Crippen molar-refractivity contribution in [2.45, 2.75) is 43.0 Å². The summed E-state index contributed by atoms with van der Waals surface area (Å²) >= 11 is 0. The number of aliphatic hydroxyl groups is 1. The van der Waals surface area contributed by atoms with Gasteiger partial charge in [-0.15, -0.1) is 24.0 Å². The van der Waals surface area contributed by atoms with Crippen LogP contribution in [0.2, 0.25) is 0 Å². The quantitative estimate of drug-likeness (QED) is 0.360. The normalized spacial score (nSPS) is 22.4. The molecule has 1 aliphatic heterocycles. The number of benzene rings is 1. The lowest BCUT2D eigenvalue weighted by molar-refractivity contribution is 0.178. The van der Waals surface area contributed by atoms with E-state index in [1.165, 1.54) is 12.1 Å². The number of guanidine groups is 1. The van der Waals surface area contributed by atoms with Gasteiger partial charge in [-0.1, -0.05) is 31.4 Å². The molecule has 1 unspecified atom stereocenters. The van der Waals surface area contributed by atoms with Crippen molar-refractivity contribution >= 4 is 39.8 Å². The highest BCUT2D eigenvalue weighted by Crippen LogP contribution is 2.38. The molecule has 1 atom stereocenters. The Morgan fingerprint density at radius 3 is 2.71 bits per heavy atom. The van der Waals surface area contributed by atoms with Crippen LogP contribution in [0.3, 0.4) is 0 Å². The van der Waals surface area contributed by atoms with Crippen LogP contribution in [-0.2, 0) is 9.84 Å². The van der Waals surface area contributed by atoms with E-state index in [1.807, 2.05) is 4.90 Å². The van der Waals surface area contributed by atoms with E-state index in [0.717, 1.165) is 19.3 Å². The second-order valence-corrected chi connectivity index (χ2v) is 9.99. The molecule has 3 rings (SSSR count). The standard InChI is InChI=1S/C19H28FN3O3S.HI/c1-21-18(22-13-17(24)15-6-5-7-16(20)12-15)23-10-11-27(25,26)19(14-23)8-3-2-4-9-19;/h5-7,12,17,24H,2-4,8-11,13-14H2,1H3,(H,21,22);1H. The minimum atomic E-state index is -3.12. The summed E-state index contributed by atoms with van der Waals surface area (Å²) < 4.78 is 38.1. The van der Waals surface area contributed by atoms with Crippen molar-refractivity contribution < 1.29 is 17.9 Å².